The lowest BCUT2D eigenvalue weighted by Crippen LogP contribution is -2.38. The highest BCUT2D eigenvalue weighted by Gasteiger charge is 2.49. The second-order valence-corrected chi connectivity index (χ2v) is 10.2. The van der Waals surface area contributed by atoms with Gasteiger partial charge in [-0.15, -0.1) is 11.3 Å². The smallest absolute Gasteiger partial charge is 0.408 e. The number of likely N-dealkylation sites (tertiary alicyclic amines) is 1. The third-order valence-electron chi connectivity index (χ3n) is 6.23. The van der Waals surface area contributed by atoms with Crippen molar-refractivity contribution in [3.8, 4) is 10.4 Å². The number of aromatic nitrogens is 2. The van der Waals surface area contributed by atoms with Crippen molar-refractivity contribution in [3.63, 3.8) is 0 Å². The first-order chi connectivity index (χ1) is 17.7. The van der Waals surface area contributed by atoms with Crippen molar-refractivity contribution < 1.29 is 45.1 Å². The van der Waals surface area contributed by atoms with Gasteiger partial charge < -0.3 is 15.0 Å². The lowest BCUT2D eigenvalue weighted by molar-refractivity contribution is -0.146. The number of carbonyl (C=O) groups excluding carboxylic acids is 2. The van der Waals surface area contributed by atoms with E-state index in [0.29, 0.717) is 24.2 Å². The second kappa shape index (κ2) is 10.3. The van der Waals surface area contributed by atoms with Gasteiger partial charge in [0.1, 0.15) is 17.6 Å². The molecule has 0 spiro atoms. The van der Waals surface area contributed by atoms with Crippen LogP contribution in [0.2, 0.25) is 0 Å². The minimum absolute atomic E-state index is 0.0576. The molecule has 15 heteroatoms. The van der Waals surface area contributed by atoms with Crippen LogP contribution in [0.3, 0.4) is 0 Å². The molecule has 1 aliphatic heterocycles. The fraction of sp³-hybridized carbons (Fsp3) is 0.565. The quantitative estimate of drug-likeness (QED) is 0.314. The van der Waals surface area contributed by atoms with Crippen molar-refractivity contribution in [2.45, 2.75) is 63.7 Å². The number of thiazole rings is 1. The maximum Gasteiger partial charge on any atom is 0.408 e. The molecule has 1 aliphatic carbocycles. The van der Waals surface area contributed by atoms with Gasteiger partial charge in [-0.25, -0.2) is 32.3 Å². The zero-order chi connectivity index (χ0) is 28.0. The Morgan fingerprint density at radius 3 is 2.50 bits per heavy atom. The topological polar surface area (TPSA) is 84.4 Å². The number of esters is 1. The van der Waals surface area contributed by atoms with Crippen LogP contribution >= 0.6 is 11.3 Å². The molecule has 7 nitrogen and oxygen atoms in total. The molecule has 4 rings (SSSR count). The van der Waals surface area contributed by atoms with Crippen LogP contribution in [0.5, 0.6) is 0 Å². The summed E-state index contributed by atoms with van der Waals surface area (Å²) in [6.07, 6.45) is -6.96. The average Bonchev–Trinajstić information content (AvgIpc) is 3.48. The third-order valence-corrected chi connectivity index (χ3v) is 7.30. The Bertz CT molecular complexity index is 1220. The molecule has 2 atom stereocenters. The Morgan fingerprint density at radius 2 is 1.97 bits per heavy atom. The molecule has 1 saturated heterocycles. The molecule has 2 aromatic heterocycles. The van der Waals surface area contributed by atoms with Crippen LogP contribution in [0, 0.1) is 5.92 Å². The molecule has 0 bridgehead atoms. The number of nitrogens with one attached hydrogen (secondary N) is 1. The van der Waals surface area contributed by atoms with E-state index in [0.717, 1.165) is 17.2 Å². The van der Waals surface area contributed by atoms with Crippen LogP contribution in [0.1, 0.15) is 65.4 Å². The fourth-order valence-corrected chi connectivity index (χ4v) is 5.31. The summed E-state index contributed by atoms with van der Waals surface area (Å²) >= 11 is 0.525. The highest BCUT2D eigenvalue weighted by atomic mass is 32.1. The number of alkyl halides is 7. The van der Waals surface area contributed by atoms with E-state index in [1.165, 1.54) is 13.8 Å². The van der Waals surface area contributed by atoms with Gasteiger partial charge in [0.15, 0.2) is 0 Å². The minimum Gasteiger partial charge on any atom is -0.461 e. The molecule has 1 saturated carbocycles. The number of hydrogen-bond donors (Lipinski definition) is 1. The summed E-state index contributed by atoms with van der Waals surface area (Å²) in [6.45, 7) is 1.91. The molecule has 0 radical (unpaired) electrons. The molecule has 1 N–H and O–H groups in total. The van der Waals surface area contributed by atoms with Gasteiger partial charge in [-0.3, -0.25) is 4.79 Å². The maximum atomic E-state index is 14.1. The SMILES string of the molecule is CCOC(=O)c1nc(C(=O)N2CC(F)(F)CC2C)c(-c2cnc(NC(C3CC3)C(F)(F)F)cc2C(F)F)s1. The summed E-state index contributed by atoms with van der Waals surface area (Å²) in [5.41, 5.74) is -1.67. The van der Waals surface area contributed by atoms with E-state index in [1.807, 2.05) is 0 Å². The molecule has 208 valence electrons. The first-order valence-electron chi connectivity index (χ1n) is 11.7. The van der Waals surface area contributed by atoms with Crippen molar-refractivity contribution >= 4 is 29.0 Å². The summed E-state index contributed by atoms with van der Waals surface area (Å²) in [7, 11) is 0. The average molecular weight is 569 g/mol. The molecule has 1 amide bonds. The van der Waals surface area contributed by atoms with Crippen LogP contribution in [0.4, 0.5) is 36.6 Å². The van der Waals surface area contributed by atoms with E-state index in [1.54, 1.807) is 0 Å². The first-order valence-corrected chi connectivity index (χ1v) is 12.5. The summed E-state index contributed by atoms with van der Waals surface area (Å²) < 4.78 is 101. The molecule has 0 aromatic carbocycles. The van der Waals surface area contributed by atoms with Crippen molar-refractivity contribution in [2.75, 3.05) is 18.5 Å². The molecular formula is C23H23F7N4O3S. The number of carbonyl (C=O) groups is 2. The first kappa shape index (κ1) is 28.0. The van der Waals surface area contributed by atoms with Gasteiger partial charge >= 0.3 is 12.1 Å². The van der Waals surface area contributed by atoms with Crippen molar-refractivity contribution in [3.05, 3.63) is 28.5 Å². The summed E-state index contributed by atoms with van der Waals surface area (Å²) in [4.78, 5) is 33.9. The van der Waals surface area contributed by atoms with Gasteiger partial charge in [-0.1, -0.05) is 0 Å². The van der Waals surface area contributed by atoms with Gasteiger partial charge in [0.25, 0.3) is 18.3 Å². The standard InChI is InChI=1S/C23H23F7N4O3S/c1-3-37-21(36)19-33-15(20(35)34-9-22(26,27)7-10(34)2)16(38-19)13-8-31-14(6-12(13)18(24)25)32-17(11-4-5-11)23(28,29)30/h6,8,10-11,17-18H,3-5,7,9H2,1-2H3,(H,31,32). The Kier molecular flexibility index (Phi) is 7.60. The van der Waals surface area contributed by atoms with Crippen LogP contribution in [-0.2, 0) is 4.74 Å². The van der Waals surface area contributed by atoms with Crippen molar-refractivity contribution in [1.82, 2.24) is 14.9 Å². The van der Waals surface area contributed by atoms with Gasteiger partial charge in [0, 0.05) is 29.8 Å². The number of halogens is 7. The molecule has 38 heavy (non-hydrogen) atoms. The summed E-state index contributed by atoms with van der Waals surface area (Å²) in [5.74, 6) is -6.29. The fourth-order valence-electron chi connectivity index (χ4n) is 4.32. The molecule has 2 aromatic rings. The maximum absolute atomic E-state index is 14.1. The van der Waals surface area contributed by atoms with Gasteiger partial charge in [0.05, 0.1) is 18.0 Å². The van der Waals surface area contributed by atoms with E-state index < -0.39 is 78.4 Å². The van der Waals surface area contributed by atoms with Crippen LogP contribution < -0.4 is 5.32 Å². The Labute approximate surface area is 216 Å². The highest BCUT2D eigenvalue weighted by Crippen LogP contribution is 2.43. The zero-order valence-corrected chi connectivity index (χ0v) is 20.9. The van der Waals surface area contributed by atoms with Gasteiger partial charge in [-0.05, 0) is 38.7 Å². The van der Waals surface area contributed by atoms with Crippen molar-refractivity contribution in [2.24, 2.45) is 5.92 Å². The number of nitrogens with zero attached hydrogens (tertiary/aromatic N) is 3. The Balaban J connectivity index is 1.76. The lowest BCUT2D eigenvalue weighted by atomic mass is 10.1. The summed E-state index contributed by atoms with van der Waals surface area (Å²) in [5, 5.41) is 1.80. The van der Waals surface area contributed by atoms with Gasteiger partial charge in [0.2, 0.25) is 5.01 Å². The highest BCUT2D eigenvalue weighted by molar-refractivity contribution is 7.17. The number of rotatable bonds is 8. The monoisotopic (exact) mass is 568 g/mol. The number of hydrogen-bond acceptors (Lipinski definition) is 7. The minimum atomic E-state index is -4.63. The molecule has 2 aliphatic rings. The molecule has 2 fully saturated rings. The van der Waals surface area contributed by atoms with E-state index >= 15 is 0 Å². The number of amides is 1. The molecular weight excluding hydrogens is 545 g/mol. The molecule has 3 heterocycles. The Morgan fingerprint density at radius 1 is 1.29 bits per heavy atom. The van der Waals surface area contributed by atoms with E-state index in [-0.39, 0.29) is 22.1 Å². The normalized spacial score (nSPS) is 20.1. The van der Waals surface area contributed by atoms with E-state index in [4.69, 9.17) is 4.74 Å². The third kappa shape index (κ3) is 5.86. The molecule has 2 unspecified atom stereocenters. The predicted octanol–water partition coefficient (Wildman–Crippen LogP) is 5.94. The number of ether oxygens (including phenoxy) is 1. The zero-order valence-electron chi connectivity index (χ0n) is 20.1. The van der Waals surface area contributed by atoms with Crippen molar-refractivity contribution in [1.29, 1.82) is 0 Å². The second-order valence-electron chi connectivity index (χ2n) is 9.22. The summed E-state index contributed by atoms with van der Waals surface area (Å²) in [6, 6.07) is -2.13. The lowest BCUT2D eigenvalue weighted by Gasteiger charge is -2.23. The predicted molar refractivity (Wildman–Crippen MR) is 123 cm³/mol. The van der Waals surface area contributed by atoms with Crippen LogP contribution in [0.15, 0.2) is 12.3 Å². The van der Waals surface area contributed by atoms with Crippen LogP contribution in [0.25, 0.3) is 10.4 Å². The van der Waals surface area contributed by atoms with Gasteiger partial charge in [-0.2, -0.15) is 13.2 Å². The number of anilines is 1. The van der Waals surface area contributed by atoms with E-state index in [9.17, 15) is 40.3 Å². The Hall–Kier alpha value is -2.97. The largest absolute Gasteiger partial charge is 0.461 e. The van der Waals surface area contributed by atoms with Crippen LogP contribution in [-0.4, -0.2) is 64.1 Å². The number of pyridine rings is 1. The van der Waals surface area contributed by atoms with E-state index in [2.05, 4.69) is 15.3 Å².